The maximum Gasteiger partial charge on any atom is 0.0346 e. The number of nitrogens with zero attached hydrogens (tertiary/aromatic N) is 1. The van der Waals surface area contributed by atoms with Gasteiger partial charge in [0.05, 0.1) is 0 Å². The van der Waals surface area contributed by atoms with E-state index in [-0.39, 0.29) is 0 Å². The van der Waals surface area contributed by atoms with E-state index in [2.05, 4.69) is 37.0 Å². The minimum Gasteiger partial charge on any atom is -0.330 e. The van der Waals surface area contributed by atoms with Gasteiger partial charge in [0.1, 0.15) is 0 Å². The lowest BCUT2D eigenvalue weighted by atomic mass is 9.98. The highest BCUT2D eigenvalue weighted by Gasteiger charge is 2.04. The van der Waals surface area contributed by atoms with Gasteiger partial charge in [0.25, 0.3) is 0 Å². The predicted molar refractivity (Wildman–Crippen MR) is 63.9 cm³/mol. The Morgan fingerprint density at radius 3 is 2.87 bits per heavy atom. The zero-order chi connectivity index (χ0) is 10.8. The zero-order valence-corrected chi connectivity index (χ0v) is 9.20. The van der Waals surface area contributed by atoms with E-state index >= 15 is 0 Å². The largest absolute Gasteiger partial charge is 0.330 e. The lowest BCUT2D eigenvalue weighted by Crippen LogP contribution is -2.08. The second kappa shape index (κ2) is 3.99. The Balaban J connectivity index is 2.57. The third kappa shape index (κ3) is 1.85. The van der Waals surface area contributed by atoms with Crippen LogP contribution >= 0.6 is 0 Å². The van der Waals surface area contributed by atoms with Gasteiger partial charge in [-0.2, -0.15) is 0 Å². The van der Waals surface area contributed by atoms with E-state index in [9.17, 15) is 0 Å². The lowest BCUT2D eigenvalue weighted by Gasteiger charge is -2.10. The van der Waals surface area contributed by atoms with Crippen LogP contribution in [-0.4, -0.2) is 11.5 Å². The molecule has 0 aliphatic heterocycles. The fourth-order valence-electron chi connectivity index (χ4n) is 1.79. The first-order valence-electron chi connectivity index (χ1n) is 5.26. The van der Waals surface area contributed by atoms with Crippen LogP contribution in [0, 0.1) is 6.92 Å². The average molecular weight is 200 g/mol. The molecule has 0 aliphatic rings. The highest BCUT2D eigenvalue weighted by atomic mass is 14.6. The number of hydrogen-bond donors (Lipinski definition) is 1. The Kier molecular flexibility index (Phi) is 2.69. The lowest BCUT2D eigenvalue weighted by molar-refractivity contribution is 0.775. The van der Waals surface area contributed by atoms with Gasteiger partial charge in [-0.05, 0) is 42.0 Å². The van der Waals surface area contributed by atoms with E-state index in [0.29, 0.717) is 12.5 Å². The number of hydrogen-bond acceptors (Lipinski definition) is 2. The van der Waals surface area contributed by atoms with Crippen molar-refractivity contribution in [3.8, 4) is 0 Å². The maximum absolute atomic E-state index is 5.66. The molecule has 0 bridgehead atoms. The fourth-order valence-corrected chi connectivity index (χ4v) is 1.79. The molecule has 1 atom stereocenters. The van der Waals surface area contributed by atoms with Gasteiger partial charge in [-0.1, -0.05) is 19.1 Å². The summed E-state index contributed by atoms with van der Waals surface area (Å²) in [5, 5.41) is 2.48. The summed E-state index contributed by atoms with van der Waals surface area (Å²) in [6.07, 6.45) is 3.81. The third-order valence-electron chi connectivity index (χ3n) is 2.90. The van der Waals surface area contributed by atoms with E-state index in [0.717, 1.165) is 0 Å². The third-order valence-corrected chi connectivity index (χ3v) is 2.90. The zero-order valence-electron chi connectivity index (χ0n) is 9.20. The second-order valence-electron chi connectivity index (χ2n) is 4.07. The molecule has 0 fully saturated rings. The highest BCUT2D eigenvalue weighted by Crippen LogP contribution is 2.22. The Bertz CT molecular complexity index is 477. The topological polar surface area (TPSA) is 38.9 Å². The van der Waals surface area contributed by atoms with Crippen LogP contribution in [0.25, 0.3) is 10.8 Å². The number of rotatable bonds is 2. The van der Waals surface area contributed by atoms with Crippen molar-refractivity contribution in [1.29, 1.82) is 0 Å². The summed E-state index contributed by atoms with van der Waals surface area (Å²) in [6.45, 7) is 4.91. The van der Waals surface area contributed by atoms with Crippen LogP contribution in [0.5, 0.6) is 0 Å². The molecule has 2 N–H and O–H groups in total. The summed E-state index contributed by atoms with van der Waals surface area (Å²) in [6, 6.07) is 6.51. The van der Waals surface area contributed by atoms with Crippen molar-refractivity contribution < 1.29 is 0 Å². The van der Waals surface area contributed by atoms with Gasteiger partial charge in [0.15, 0.2) is 0 Å². The molecule has 1 aromatic heterocycles. The minimum atomic E-state index is 0.412. The average Bonchev–Trinajstić information content (AvgIpc) is 2.28. The summed E-state index contributed by atoms with van der Waals surface area (Å²) < 4.78 is 0. The Hall–Kier alpha value is -1.41. The van der Waals surface area contributed by atoms with Crippen LogP contribution in [0.2, 0.25) is 0 Å². The summed E-state index contributed by atoms with van der Waals surface area (Å²) >= 11 is 0. The van der Waals surface area contributed by atoms with Crippen molar-refractivity contribution >= 4 is 10.8 Å². The molecule has 1 aromatic carbocycles. The number of fused-ring (bicyclic) bond motifs is 1. The van der Waals surface area contributed by atoms with Gasteiger partial charge in [-0.25, -0.2) is 0 Å². The van der Waals surface area contributed by atoms with Gasteiger partial charge in [-0.3, -0.25) is 4.98 Å². The van der Waals surface area contributed by atoms with E-state index in [1.165, 1.54) is 21.9 Å². The molecule has 0 saturated carbocycles. The summed E-state index contributed by atoms with van der Waals surface area (Å²) in [5.41, 5.74) is 8.17. The maximum atomic E-state index is 5.66. The van der Waals surface area contributed by atoms with Crippen molar-refractivity contribution in [2.75, 3.05) is 6.54 Å². The molecule has 0 amide bonds. The van der Waals surface area contributed by atoms with E-state index in [1.807, 2.05) is 12.4 Å². The molecule has 1 heterocycles. The first-order chi connectivity index (χ1) is 7.22. The Morgan fingerprint density at radius 1 is 1.33 bits per heavy atom. The Labute approximate surface area is 90.1 Å². The first-order valence-corrected chi connectivity index (χ1v) is 5.26. The molecule has 2 aromatic rings. The number of benzene rings is 1. The molecule has 0 spiro atoms. The first kappa shape index (κ1) is 10.1. The number of pyridine rings is 1. The molecule has 0 saturated heterocycles. The molecular formula is C13H16N2. The minimum absolute atomic E-state index is 0.412. The van der Waals surface area contributed by atoms with E-state index < -0.39 is 0 Å². The van der Waals surface area contributed by atoms with Gasteiger partial charge >= 0.3 is 0 Å². The molecule has 2 rings (SSSR count). The molecule has 1 unspecified atom stereocenters. The molecule has 15 heavy (non-hydrogen) atoms. The standard InChI is InChI=1S/C13H16N2/c1-9(6-14)11-3-4-13-10(2)7-15-8-12(13)5-11/h3-5,7-9H,6,14H2,1-2H3. The van der Waals surface area contributed by atoms with Gasteiger partial charge in [-0.15, -0.1) is 0 Å². The molecule has 2 nitrogen and oxygen atoms in total. The molecule has 78 valence electrons. The summed E-state index contributed by atoms with van der Waals surface area (Å²) in [4.78, 5) is 4.21. The van der Waals surface area contributed by atoms with Crippen LogP contribution < -0.4 is 5.73 Å². The van der Waals surface area contributed by atoms with Crippen LogP contribution in [-0.2, 0) is 0 Å². The molecule has 0 radical (unpaired) electrons. The van der Waals surface area contributed by atoms with Crippen molar-refractivity contribution in [3.63, 3.8) is 0 Å². The number of aryl methyl sites for hydroxylation is 1. The van der Waals surface area contributed by atoms with Crippen molar-refractivity contribution in [2.24, 2.45) is 5.73 Å². The van der Waals surface area contributed by atoms with Crippen LogP contribution in [0.4, 0.5) is 0 Å². The quantitative estimate of drug-likeness (QED) is 0.809. The van der Waals surface area contributed by atoms with Crippen LogP contribution in [0.15, 0.2) is 30.6 Å². The van der Waals surface area contributed by atoms with E-state index in [4.69, 9.17) is 5.73 Å². The number of nitrogens with two attached hydrogens (primary N) is 1. The highest BCUT2D eigenvalue weighted by molar-refractivity contribution is 5.85. The summed E-state index contributed by atoms with van der Waals surface area (Å²) in [5.74, 6) is 0.412. The van der Waals surface area contributed by atoms with Crippen molar-refractivity contribution in [2.45, 2.75) is 19.8 Å². The van der Waals surface area contributed by atoms with Crippen molar-refractivity contribution in [3.05, 3.63) is 41.7 Å². The SMILES string of the molecule is Cc1cncc2cc(C(C)CN)ccc12. The molecular weight excluding hydrogens is 184 g/mol. The van der Waals surface area contributed by atoms with Crippen molar-refractivity contribution in [1.82, 2.24) is 4.98 Å². The number of aromatic nitrogens is 1. The van der Waals surface area contributed by atoms with Crippen LogP contribution in [0.1, 0.15) is 24.0 Å². The van der Waals surface area contributed by atoms with Gasteiger partial charge in [0, 0.05) is 17.8 Å². The normalized spacial score (nSPS) is 13.0. The predicted octanol–water partition coefficient (Wildman–Crippen LogP) is 2.61. The van der Waals surface area contributed by atoms with E-state index in [1.54, 1.807) is 0 Å². The second-order valence-corrected chi connectivity index (χ2v) is 4.07. The monoisotopic (exact) mass is 200 g/mol. The van der Waals surface area contributed by atoms with Crippen LogP contribution in [0.3, 0.4) is 0 Å². The smallest absolute Gasteiger partial charge is 0.0346 e. The molecule has 2 heteroatoms. The summed E-state index contributed by atoms with van der Waals surface area (Å²) in [7, 11) is 0. The fraction of sp³-hybridized carbons (Fsp3) is 0.308. The Morgan fingerprint density at radius 2 is 2.13 bits per heavy atom. The van der Waals surface area contributed by atoms with Gasteiger partial charge < -0.3 is 5.73 Å². The molecule has 0 aliphatic carbocycles. The van der Waals surface area contributed by atoms with Gasteiger partial charge in [0.2, 0.25) is 0 Å².